The maximum absolute atomic E-state index is 9.76. The molecule has 0 atom stereocenters. The molecule has 0 saturated heterocycles. The van der Waals surface area contributed by atoms with E-state index in [1.807, 2.05) is 19.1 Å². The van der Waals surface area contributed by atoms with E-state index in [0.717, 1.165) is 22.2 Å². The van der Waals surface area contributed by atoms with Gasteiger partial charge < -0.3 is 10.4 Å². The number of aromatic hydroxyl groups is 1. The van der Waals surface area contributed by atoms with Gasteiger partial charge in [0.25, 0.3) is 0 Å². The first-order valence-corrected chi connectivity index (χ1v) is 6.11. The van der Waals surface area contributed by atoms with Crippen molar-refractivity contribution in [3.63, 3.8) is 0 Å². The molecule has 0 bridgehead atoms. The van der Waals surface area contributed by atoms with Gasteiger partial charge in [-0.1, -0.05) is 28.1 Å². The Bertz CT molecular complexity index is 377. The quantitative estimate of drug-likeness (QED) is 0.825. The molecule has 1 aromatic rings. The molecule has 0 heterocycles. The second kappa shape index (κ2) is 5.68. The number of rotatable bonds is 4. The average Bonchev–Trinajstić information content (AvgIpc) is 2.12. The molecule has 0 aliphatic heterocycles. The van der Waals surface area contributed by atoms with Crippen LogP contribution in [-0.4, -0.2) is 11.7 Å². The number of halogens is 2. The normalized spacial score (nSPS) is 10.3. The Morgan fingerprint density at radius 2 is 2.13 bits per heavy atom. The van der Waals surface area contributed by atoms with Crippen molar-refractivity contribution in [2.24, 2.45) is 0 Å². The van der Waals surface area contributed by atoms with E-state index >= 15 is 0 Å². The number of hydrogen-bond donors (Lipinski definition) is 2. The summed E-state index contributed by atoms with van der Waals surface area (Å²) in [5.74, 6) is 0.285. The van der Waals surface area contributed by atoms with Crippen molar-refractivity contribution in [1.82, 2.24) is 5.32 Å². The van der Waals surface area contributed by atoms with Crippen molar-refractivity contribution < 1.29 is 5.11 Å². The highest BCUT2D eigenvalue weighted by Crippen LogP contribution is 2.31. The van der Waals surface area contributed by atoms with Gasteiger partial charge >= 0.3 is 0 Å². The summed E-state index contributed by atoms with van der Waals surface area (Å²) < 4.78 is 1.64. The molecular weight excluding hydrogens is 322 g/mol. The summed E-state index contributed by atoms with van der Waals surface area (Å²) in [5, 5.41) is 13.0. The van der Waals surface area contributed by atoms with Gasteiger partial charge in [-0.3, -0.25) is 0 Å². The van der Waals surface area contributed by atoms with Crippen LogP contribution in [0.15, 0.2) is 33.2 Å². The SMILES string of the molecule is C=C(C)CNCc1cc(Br)cc(Br)c1O. The van der Waals surface area contributed by atoms with Crippen molar-refractivity contribution in [2.45, 2.75) is 13.5 Å². The summed E-state index contributed by atoms with van der Waals surface area (Å²) in [4.78, 5) is 0. The van der Waals surface area contributed by atoms with E-state index in [0.29, 0.717) is 11.0 Å². The van der Waals surface area contributed by atoms with Gasteiger partial charge in [-0.15, -0.1) is 0 Å². The zero-order valence-electron chi connectivity index (χ0n) is 8.48. The third kappa shape index (κ3) is 3.97. The molecule has 4 heteroatoms. The molecule has 0 amide bonds. The van der Waals surface area contributed by atoms with E-state index in [1.165, 1.54) is 0 Å². The van der Waals surface area contributed by atoms with Crippen molar-refractivity contribution >= 4 is 31.9 Å². The zero-order valence-corrected chi connectivity index (χ0v) is 11.7. The number of hydrogen-bond acceptors (Lipinski definition) is 2. The molecule has 1 rings (SSSR count). The summed E-state index contributed by atoms with van der Waals surface area (Å²) in [5.41, 5.74) is 1.93. The predicted octanol–water partition coefficient (Wildman–Crippen LogP) is 3.58. The van der Waals surface area contributed by atoms with Gasteiger partial charge in [-0.25, -0.2) is 0 Å². The first-order chi connectivity index (χ1) is 7.00. The molecule has 82 valence electrons. The second-order valence-electron chi connectivity index (χ2n) is 3.46. The first-order valence-electron chi connectivity index (χ1n) is 4.52. The van der Waals surface area contributed by atoms with Crippen LogP contribution in [0, 0.1) is 0 Å². The molecule has 0 unspecified atom stereocenters. The van der Waals surface area contributed by atoms with Crippen LogP contribution in [-0.2, 0) is 6.54 Å². The molecule has 0 fully saturated rings. The van der Waals surface area contributed by atoms with Crippen LogP contribution in [0.1, 0.15) is 12.5 Å². The van der Waals surface area contributed by atoms with Crippen molar-refractivity contribution in [3.8, 4) is 5.75 Å². The third-order valence-electron chi connectivity index (χ3n) is 1.85. The van der Waals surface area contributed by atoms with Crippen LogP contribution in [0.5, 0.6) is 5.75 Å². The molecule has 1 aromatic carbocycles. The van der Waals surface area contributed by atoms with Gasteiger partial charge in [0, 0.05) is 23.1 Å². The van der Waals surface area contributed by atoms with Crippen LogP contribution >= 0.6 is 31.9 Å². The van der Waals surface area contributed by atoms with Gasteiger partial charge in [0.15, 0.2) is 0 Å². The van der Waals surface area contributed by atoms with E-state index < -0.39 is 0 Å². The number of benzene rings is 1. The minimum atomic E-state index is 0.285. The highest BCUT2D eigenvalue weighted by atomic mass is 79.9. The number of nitrogens with one attached hydrogen (secondary N) is 1. The Kier molecular flexibility index (Phi) is 4.83. The fraction of sp³-hybridized carbons (Fsp3) is 0.273. The summed E-state index contributed by atoms with van der Waals surface area (Å²) in [6, 6.07) is 3.71. The smallest absolute Gasteiger partial charge is 0.134 e. The summed E-state index contributed by atoms with van der Waals surface area (Å²) in [6.45, 7) is 7.14. The van der Waals surface area contributed by atoms with E-state index in [4.69, 9.17) is 0 Å². The standard InChI is InChI=1S/C11H13Br2NO/c1-7(2)5-14-6-8-3-9(12)4-10(13)11(8)15/h3-4,14-15H,1,5-6H2,2H3. The average molecular weight is 335 g/mol. The highest BCUT2D eigenvalue weighted by molar-refractivity contribution is 9.11. The number of phenols is 1. The Labute approximate surface area is 107 Å². The summed E-state index contributed by atoms with van der Waals surface area (Å²) >= 11 is 6.67. The molecule has 2 nitrogen and oxygen atoms in total. The Hall–Kier alpha value is -0.320. The molecule has 0 saturated carbocycles. The van der Waals surface area contributed by atoms with Crippen LogP contribution in [0.25, 0.3) is 0 Å². The lowest BCUT2D eigenvalue weighted by molar-refractivity contribution is 0.461. The van der Waals surface area contributed by atoms with Gasteiger partial charge in [-0.2, -0.15) is 0 Å². The second-order valence-corrected chi connectivity index (χ2v) is 5.23. The van der Waals surface area contributed by atoms with Crippen LogP contribution < -0.4 is 5.32 Å². The highest BCUT2D eigenvalue weighted by Gasteiger charge is 2.06. The lowest BCUT2D eigenvalue weighted by atomic mass is 10.2. The van der Waals surface area contributed by atoms with Crippen molar-refractivity contribution in [2.75, 3.05) is 6.54 Å². The van der Waals surface area contributed by atoms with Crippen molar-refractivity contribution in [3.05, 3.63) is 38.8 Å². The van der Waals surface area contributed by atoms with E-state index in [9.17, 15) is 5.11 Å². The largest absolute Gasteiger partial charge is 0.506 e. The molecule has 2 N–H and O–H groups in total. The van der Waals surface area contributed by atoms with Crippen LogP contribution in [0.3, 0.4) is 0 Å². The van der Waals surface area contributed by atoms with Gasteiger partial charge in [-0.05, 0) is 35.0 Å². The fourth-order valence-electron chi connectivity index (χ4n) is 1.16. The van der Waals surface area contributed by atoms with Crippen molar-refractivity contribution in [1.29, 1.82) is 0 Å². The molecule has 0 spiro atoms. The Morgan fingerprint density at radius 1 is 1.47 bits per heavy atom. The minimum Gasteiger partial charge on any atom is -0.506 e. The van der Waals surface area contributed by atoms with E-state index in [2.05, 4.69) is 43.8 Å². The zero-order chi connectivity index (χ0) is 11.4. The number of phenolic OH excluding ortho intramolecular Hbond substituents is 1. The lowest BCUT2D eigenvalue weighted by Gasteiger charge is -2.08. The van der Waals surface area contributed by atoms with Gasteiger partial charge in [0.1, 0.15) is 5.75 Å². The molecule has 0 radical (unpaired) electrons. The predicted molar refractivity (Wildman–Crippen MR) is 70.0 cm³/mol. The minimum absolute atomic E-state index is 0.285. The fourth-order valence-corrected chi connectivity index (χ4v) is 2.48. The lowest BCUT2D eigenvalue weighted by Crippen LogP contribution is -2.15. The molecule has 0 aromatic heterocycles. The van der Waals surface area contributed by atoms with E-state index in [-0.39, 0.29) is 5.75 Å². The van der Waals surface area contributed by atoms with Crippen LogP contribution in [0.2, 0.25) is 0 Å². The molecule has 0 aliphatic carbocycles. The maximum Gasteiger partial charge on any atom is 0.134 e. The Balaban J connectivity index is 2.72. The molecule has 0 aliphatic rings. The van der Waals surface area contributed by atoms with Gasteiger partial charge in [0.05, 0.1) is 4.47 Å². The summed E-state index contributed by atoms with van der Waals surface area (Å²) in [6.07, 6.45) is 0. The Morgan fingerprint density at radius 3 is 2.73 bits per heavy atom. The summed E-state index contributed by atoms with van der Waals surface area (Å²) in [7, 11) is 0. The molecular formula is C11H13Br2NO. The molecule has 15 heavy (non-hydrogen) atoms. The van der Waals surface area contributed by atoms with Crippen LogP contribution in [0.4, 0.5) is 0 Å². The topological polar surface area (TPSA) is 32.3 Å². The monoisotopic (exact) mass is 333 g/mol. The van der Waals surface area contributed by atoms with E-state index in [1.54, 1.807) is 0 Å². The van der Waals surface area contributed by atoms with Gasteiger partial charge in [0.2, 0.25) is 0 Å². The third-order valence-corrected chi connectivity index (χ3v) is 2.91. The maximum atomic E-state index is 9.76. The first kappa shape index (κ1) is 12.7.